The van der Waals surface area contributed by atoms with Gasteiger partial charge in [-0.25, -0.2) is 22.2 Å². The number of alkyl halides is 3. The zero-order chi connectivity index (χ0) is 26.4. The number of sulfonamides is 1. The van der Waals surface area contributed by atoms with E-state index in [2.05, 4.69) is 9.97 Å². The smallest absolute Gasteiger partial charge is 0.288 e. The second-order valence-electron chi connectivity index (χ2n) is 7.91. The highest BCUT2D eigenvalue weighted by atomic mass is 32.2. The molecular weight excluding hydrogens is 505 g/mol. The number of hydrogen-bond donors (Lipinski definition) is 1. The van der Waals surface area contributed by atoms with Crippen LogP contribution in [0.3, 0.4) is 0 Å². The van der Waals surface area contributed by atoms with Crippen LogP contribution < -0.4 is 4.72 Å². The molecule has 36 heavy (non-hydrogen) atoms. The minimum absolute atomic E-state index is 0.00401. The molecule has 4 rings (SSSR count). The largest absolute Gasteiger partial charge is 0.404 e. The molecule has 1 atom stereocenters. The molecule has 186 valence electrons. The van der Waals surface area contributed by atoms with Gasteiger partial charge in [0.2, 0.25) is 10.0 Å². The predicted octanol–water partition coefficient (Wildman–Crippen LogP) is 4.77. The summed E-state index contributed by atoms with van der Waals surface area (Å²) in [5.74, 6) is -1.59. The molecule has 0 aliphatic heterocycles. The lowest BCUT2D eigenvalue weighted by Crippen LogP contribution is -2.42. The number of rotatable bonds is 5. The number of aryl methyl sites for hydroxylation is 1. The Balaban J connectivity index is 1.92. The van der Waals surface area contributed by atoms with Crippen molar-refractivity contribution in [1.82, 2.24) is 19.3 Å². The fourth-order valence-corrected chi connectivity index (χ4v) is 4.74. The van der Waals surface area contributed by atoms with Crippen molar-refractivity contribution < 1.29 is 30.4 Å². The van der Waals surface area contributed by atoms with E-state index in [1.807, 2.05) is 6.07 Å². The zero-order valence-electron chi connectivity index (χ0n) is 18.6. The Morgan fingerprint density at radius 3 is 2.42 bits per heavy atom. The van der Waals surface area contributed by atoms with E-state index in [0.717, 1.165) is 36.5 Å². The number of nitriles is 1. The number of aromatic nitrogens is 3. The summed E-state index contributed by atoms with van der Waals surface area (Å²) in [6.45, 7) is 2.37. The van der Waals surface area contributed by atoms with E-state index in [9.17, 15) is 35.6 Å². The van der Waals surface area contributed by atoms with E-state index >= 15 is 0 Å². The molecule has 3 heterocycles. The average Bonchev–Trinajstić information content (AvgIpc) is 3.13. The Hall–Kier alpha value is -3.89. The monoisotopic (exact) mass is 521 g/mol. The molecule has 4 aromatic rings. The van der Waals surface area contributed by atoms with Crippen molar-refractivity contribution in [3.63, 3.8) is 0 Å². The second-order valence-corrected chi connectivity index (χ2v) is 9.63. The number of halogens is 5. The van der Waals surface area contributed by atoms with Crippen LogP contribution in [0.1, 0.15) is 18.1 Å². The Morgan fingerprint density at radius 1 is 1.08 bits per heavy atom. The summed E-state index contributed by atoms with van der Waals surface area (Å²) in [5.41, 5.74) is 0.519. The molecule has 0 saturated heterocycles. The molecule has 0 fully saturated rings. The van der Waals surface area contributed by atoms with Gasteiger partial charge in [0.05, 0.1) is 22.6 Å². The van der Waals surface area contributed by atoms with Crippen LogP contribution in [0.2, 0.25) is 0 Å². The molecule has 0 aliphatic carbocycles. The summed E-state index contributed by atoms with van der Waals surface area (Å²) in [6.07, 6.45) is -2.52. The third kappa shape index (κ3) is 4.52. The summed E-state index contributed by atoms with van der Waals surface area (Å²) in [6, 6.07) is 6.15. The normalized spacial score (nSPS) is 13.1. The molecule has 1 aromatic carbocycles. The van der Waals surface area contributed by atoms with Crippen molar-refractivity contribution in [2.75, 3.05) is 0 Å². The molecule has 3 aromatic heterocycles. The highest BCUT2D eigenvalue weighted by Gasteiger charge is 2.39. The van der Waals surface area contributed by atoms with Gasteiger partial charge in [-0.1, -0.05) is 0 Å². The SMILES string of the molecule is Cc1cnc2c(c1)c(C#N)c(-c1ccc(S(=O)(=O)N[C@@H](C)C(F)(F)F)cn1)n2-c1cc(F)ccc1F. The van der Waals surface area contributed by atoms with Crippen LogP contribution in [0, 0.1) is 29.9 Å². The molecular formula is C23H16F5N5O2S. The first-order chi connectivity index (χ1) is 16.8. The van der Waals surface area contributed by atoms with Crippen LogP contribution in [0.4, 0.5) is 22.0 Å². The van der Waals surface area contributed by atoms with Crippen LogP contribution in [0.5, 0.6) is 0 Å². The summed E-state index contributed by atoms with van der Waals surface area (Å²) in [4.78, 5) is 7.75. The summed E-state index contributed by atoms with van der Waals surface area (Å²) in [5, 5.41) is 10.2. The van der Waals surface area contributed by atoms with E-state index in [-0.39, 0.29) is 28.3 Å². The molecule has 0 spiro atoms. The van der Waals surface area contributed by atoms with E-state index in [1.165, 1.54) is 15.5 Å². The van der Waals surface area contributed by atoms with Crippen LogP contribution in [0.25, 0.3) is 28.1 Å². The van der Waals surface area contributed by atoms with Crippen LogP contribution in [-0.4, -0.2) is 35.2 Å². The first-order valence-corrected chi connectivity index (χ1v) is 11.7. The van der Waals surface area contributed by atoms with Gasteiger partial charge in [-0.15, -0.1) is 0 Å². The van der Waals surface area contributed by atoms with Crippen LogP contribution in [-0.2, 0) is 10.0 Å². The third-order valence-electron chi connectivity index (χ3n) is 5.32. The summed E-state index contributed by atoms with van der Waals surface area (Å²) < 4.78 is 94.8. The number of nitrogens with zero attached hydrogens (tertiary/aromatic N) is 4. The minimum atomic E-state index is -4.80. The fraction of sp³-hybridized carbons (Fsp3) is 0.174. The van der Waals surface area contributed by atoms with Crippen molar-refractivity contribution in [2.45, 2.75) is 31.0 Å². The van der Waals surface area contributed by atoms with Gasteiger partial charge < -0.3 is 0 Å². The molecule has 0 saturated carbocycles. The molecule has 0 amide bonds. The third-order valence-corrected chi connectivity index (χ3v) is 6.84. The lowest BCUT2D eigenvalue weighted by Gasteiger charge is -2.17. The van der Waals surface area contributed by atoms with Crippen molar-refractivity contribution >= 4 is 21.1 Å². The van der Waals surface area contributed by atoms with Gasteiger partial charge in [-0.05, 0) is 49.7 Å². The molecule has 1 N–H and O–H groups in total. The average molecular weight is 521 g/mol. The topological polar surface area (TPSA) is 101 Å². The lowest BCUT2D eigenvalue weighted by molar-refractivity contribution is -0.147. The highest BCUT2D eigenvalue weighted by Crippen LogP contribution is 2.36. The van der Waals surface area contributed by atoms with Gasteiger partial charge in [0.15, 0.2) is 0 Å². The highest BCUT2D eigenvalue weighted by molar-refractivity contribution is 7.89. The number of hydrogen-bond acceptors (Lipinski definition) is 5. The van der Waals surface area contributed by atoms with E-state index in [1.54, 1.807) is 13.0 Å². The maximum absolute atomic E-state index is 14.8. The molecule has 7 nitrogen and oxygen atoms in total. The first-order valence-electron chi connectivity index (χ1n) is 10.3. The number of nitrogens with one attached hydrogen (secondary N) is 1. The Labute approximate surface area is 201 Å². The van der Waals surface area contributed by atoms with Crippen molar-refractivity contribution in [3.8, 4) is 23.1 Å². The molecule has 0 unspecified atom stereocenters. The van der Waals surface area contributed by atoms with Gasteiger partial charge in [0.1, 0.15) is 34.3 Å². The summed E-state index contributed by atoms with van der Waals surface area (Å²) in [7, 11) is -4.59. The van der Waals surface area contributed by atoms with Gasteiger partial charge in [-0.2, -0.15) is 23.2 Å². The molecule has 13 heteroatoms. The van der Waals surface area contributed by atoms with Gasteiger partial charge >= 0.3 is 6.18 Å². The van der Waals surface area contributed by atoms with Crippen LogP contribution >= 0.6 is 0 Å². The van der Waals surface area contributed by atoms with Crippen LogP contribution in [0.15, 0.2) is 53.7 Å². The summed E-state index contributed by atoms with van der Waals surface area (Å²) >= 11 is 0. The molecule has 0 radical (unpaired) electrons. The number of pyridine rings is 2. The number of fused-ring (bicyclic) bond motifs is 1. The maximum atomic E-state index is 14.8. The second kappa shape index (κ2) is 8.96. The Bertz CT molecular complexity index is 1620. The van der Waals surface area contributed by atoms with E-state index in [0.29, 0.717) is 17.9 Å². The maximum Gasteiger partial charge on any atom is 0.404 e. The standard InChI is InChI=1S/C23H16F5N5O2S/c1-12-7-16-17(9-29)21(33(22(16)31-10-12)20-8-14(24)3-5-18(20)25)19-6-4-15(11-30-19)36(34,35)32-13(2)23(26,27)28/h3-8,10-11,13,32H,1-2H3/t13-/m0/s1. The van der Waals surface area contributed by atoms with Gasteiger partial charge in [0.25, 0.3) is 0 Å². The number of benzene rings is 1. The quantitative estimate of drug-likeness (QED) is 0.381. The van der Waals surface area contributed by atoms with Gasteiger partial charge in [0, 0.05) is 23.8 Å². The Kier molecular flexibility index (Phi) is 6.27. The lowest BCUT2D eigenvalue weighted by atomic mass is 10.1. The van der Waals surface area contributed by atoms with E-state index in [4.69, 9.17) is 0 Å². The first kappa shape index (κ1) is 25.2. The van der Waals surface area contributed by atoms with Crippen molar-refractivity contribution in [2.24, 2.45) is 0 Å². The Morgan fingerprint density at radius 2 is 1.81 bits per heavy atom. The predicted molar refractivity (Wildman–Crippen MR) is 120 cm³/mol. The molecule has 0 aliphatic rings. The van der Waals surface area contributed by atoms with Gasteiger partial charge in [-0.3, -0.25) is 9.55 Å². The molecule has 0 bridgehead atoms. The van der Waals surface area contributed by atoms with E-state index < -0.39 is 38.8 Å². The zero-order valence-corrected chi connectivity index (χ0v) is 19.4. The minimum Gasteiger partial charge on any atom is -0.288 e. The van der Waals surface area contributed by atoms with Crippen molar-refractivity contribution in [1.29, 1.82) is 5.26 Å². The fourth-order valence-electron chi connectivity index (χ4n) is 3.56. The van der Waals surface area contributed by atoms with Crippen molar-refractivity contribution in [3.05, 3.63) is 71.6 Å².